The monoisotopic (exact) mass is 209 g/mol. The molecule has 0 heterocycles. The maximum absolute atomic E-state index is 10.8. The zero-order valence-corrected chi connectivity index (χ0v) is 7.20. The van der Waals surface area contributed by atoms with Gasteiger partial charge in [-0.05, 0) is 0 Å². The molecule has 10 heavy (non-hydrogen) atoms. The molecule has 0 unspecified atom stereocenters. The highest BCUT2D eigenvalue weighted by Crippen LogP contribution is 2.45. The minimum atomic E-state index is -3.58. The Morgan fingerprint density at radius 3 is 2.30 bits per heavy atom. The first-order valence-corrected chi connectivity index (χ1v) is 4.41. The Balaban J connectivity index is 3.70. The van der Waals surface area contributed by atoms with Crippen LogP contribution in [-0.4, -0.2) is 18.3 Å². The molecule has 0 atom stereocenters. The summed E-state index contributed by atoms with van der Waals surface area (Å²) in [6, 6.07) is 0. The predicted octanol–water partition coefficient (Wildman–Crippen LogP) is 1.02. The number of hydrogen-bond donors (Lipinski definition) is 2. The van der Waals surface area contributed by atoms with E-state index in [9.17, 15) is 4.57 Å². The summed E-state index contributed by atoms with van der Waals surface area (Å²) in [5.74, 6) is 0. The molecule has 0 spiro atoms. The SMILES string of the molecule is O=P(NCCO)(OCl)OCl. The first-order valence-electron chi connectivity index (χ1n) is 2.25. The standard InChI is InChI=1S/C2H6Cl2NO4P/c3-8-10(7,9-4)5-1-2-6/h6H,1-2H2,(H,5,7). The average Bonchev–Trinajstić information content (AvgIpc) is 2.00. The van der Waals surface area contributed by atoms with Crippen molar-refractivity contribution in [3.8, 4) is 0 Å². The van der Waals surface area contributed by atoms with Gasteiger partial charge in [0.2, 0.25) is 0 Å². The van der Waals surface area contributed by atoms with E-state index in [-0.39, 0.29) is 13.2 Å². The minimum absolute atomic E-state index is 0.0245. The first-order chi connectivity index (χ1) is 4.68. The fourth-order valence-corrected chi connectivity index (χ4v) is 1.29. The van der Waals surface area contributed by atoms with Gasteiger partial charge in [0.05, 0.1) is 30.3 Å². The van der Waals surface area contributed by atoms with Gasteiger partial charge in [-0.25, -0.2) is 9.65 Å². The normalized spacial score (nSPS) is 11.9. The Morgan fingerprint density at radius 2 is 2.00 bits per heavy atom. The zero-order chi connectivity index (χ0) is 8.04. The van der Waals surface area contributed by atoms with Gasteiger partial charge in [0.1, 0.15) is 0 Å². The number of halogens is 2. The second-order valence-corrected chi connectivity index (χ2v) is 3.68. The molecule has 0 aromatic heterocycles. The lowest BCUT2D eigenvalue weighted by Gasteiger charge is -2.08. The van der Waals surface area contributed by atoms with Crippen LogP contribution < -0.4 is 5.09 Å². The highest BCUT2D eigenvalue weighted by Gasteiger charge is 2.22. The average molecular weight is 210 g/mol. The van der Waals surface area contributed by atoms with Gasteiger partial charge >= 0.3 is 7.75 Å². The Bertz CT molecular complexity index is 124. The van der Waals surface area contributed by atoms with Crippen LogP contribution in [0.15, 0.2) is 0 Å². The van der Waals surface area contributed by atoms with E-state index >= 15 is 0 Å². The Kier molecular flexibility index (Phi) is 5.67. The molecule has 0 bridgehead atoms. The van der Waals surface area contributed by atoms with Gasteiger partial charge in [0.15, 0.2) is 0 Å². The summed E-state index contributed by atoms with van der Waals surface area (Å²) in [4.78, 5) is 0. The summed E-state index contributed by atoms with van der Waals surface area (Å²) in [6.07, 6.45) is 0. The van der Waals surface area contributed by atoms with Gasteiger partial charge in [-0.3, -0.25) is 0 Å². The van der Waals surface area contributed by atoms with Gasteiger partial charge in [-0.2, -0.15) is 8.15 Å². The first kappa shape index (κ1) is 10.7. The van der Waals surface area contributed by atoms with E-state index in [1.807, 2.05) is 0 Å². The van der Waals surface area contributed by atoms with Crippen LogP contribution in [0, 0.1) is 0 Å². The van der Waals surface area contributed by atoms with Crippen LogP contribution in [-0.2, 0) is 12.7 Å². The van der Waals surface area contributed by atoms with Crippen LogP contribution in [0.5, 0.6) is 0 Å². The van der Waals surface area contributed by atoms with Crippen molar-refractivity contribution in [1.29, 1.82) is 0 Å². The third-order valence-corrected chi connectivity index (χ3v) is 2.66. The molecule has 8 heteroatoms. The van der Waals surface area contributed by atoms with Gasteiger partial charge in [0, 0.05) is 6.54 Å². The lowest BCUT2D eigenvalue weighted by atomic mass is 10.8. The molecule has 0 aromatic rings. The third-order valence-electron chi connectivity index (χ3n) is 0.599. The predicted molar refractivity (Wildman–Crippen MR) is 36.6 cm³/mol. The molecule has 62 valence electrons. The molecule has 0 radical (unpaired) electrons. The molecule has 2 N–H and O–H groups in total. The number of rotatable bonds is 5. The van der Waals surface area contributed by atoms with Crippen LogP contribution in [0.4, 0.5) is 0 Å². The molecule has 0 saturated heterocycles. The number of aliphatic hydroxyl groups excluding tert-OH is 1. The third kappa shape index (κ3) is 3.73. The molecule has 5 nitrogen and oxygen atoms in total. The second kappa shape index (κ2) is 5.32. The van der Waals surface area contributed by atoms with Crippen molar-refractivity contribution in [3.63, 3.8) is 0 Å². The van der Waals surface area contributed by atoms with Crippen molar-refractivity contribution < 1.29 is 17.8 Å². The molecule has 0 aliphatic rings. The van der Waals surface area contributed by atoms with Crippen molar-refractivity contribution >= 4 is 31.5 Å². The van der Waals surface area contributed by atoms with Gasteiger partial charge in [0.25, 0.3) is 0 Å². The summed E-state index contributed by atoms with van der Waals surface area (Å²) >= 11 is 9.46. The molecular weight excluding hydrogens is 204 g/mol. The molecule has 0 aliphatic carbocycles. The molecule has 0 amide bonds. The van der Waals surface area contributed by atoms with Crippen LogP contribution in [0.2, 0.25) is 0 Å². The van der Waals surface area contributed by atoms with Gasteiger partial charge in [-0.15, -0.1) is 0 Å². The Hall–Kier alpha value is 0.650. The maximum Gasteiger partial charge on any atom is 0.438 e. The largest absolute Gasteiger partial charge is 0.438 e. The van der Waals surface area contributed by atoms with Crippen LogP contribution in [0.3, 0.4) is 0 Å². The van der Waals surface area contributed by atoms with Crippen molar-refractivity contribution in [3.05, 3.63) is 0 Å². The summed E-state index contributed by atoms with van der Waals surface area (Å²) in [6.45, 7) is -0.193. The van der Waals surface area contributed by atoms with Gasteiger partial charge in [-0.1, -0.05) is 0 Å². The van der Waals surface area contributed by atoms with E-state index in [1.54, 1.807) is 0 Å². The van der Waals surface area contributed by atoms with E-state index in [4.69, 9.17) is 28.8 Å². The number of nitrogens with one attached hydrogen (secondary N) is 1. The fourth-order valence-electron chi connectivity index (χ4n) is 0.246. The molecule has 0 fully saturated rings. The molecular formula is C2H6Cl2NO4P. The Labute approximate surface area is 68.1 Å². The summed E-state index contributed by atoms with van der Waals surface area (Å²) in [5, 5.41) is 10.4. The lowest BCUT2D eigenvalue weighted by molar-refractivity contribution is 0.294. The van der Waals surface area contributed by atoms with E-state index in [0.29, 0.717) is 0 Å². The van der Waals surface area contributed by atoms with E-state index in [2.05, 4.69) is 13.2 Å². The molecule has 0 rings (SSSR count). The number of hydrogen-bond acceptors (Lipinski definition) is 4. The lowest BCUT2D eigenvalue weighted by Crippen LogP contribution is -2.15. The molecule has 0 saturated carbocycles. The van der Waals surface area contributed by atoms with Gasteiger partial charge < -0.3 is 5.11 Å². The van der Waals surface area contributed by atoms with Crippen molar-refractivity contribution in [2.45, 2.75) is 0 Å². The van der Waals surface area contributed by atoms with E-state index < -0.39 is 7.75 Å². The van der Waals surface area contributed by atoms with E-state index in [0.717, 1.165) is 0 Å². The maximum atomic E-state index is 10.8. The smallest absolute Gasteiger partial charge is 0.395 e. The second-order valence-electron chi connectivity index (χ2n) is 1.27. The summed E-state index contributed by atoms with van der Waals surface area (Å²) in [7, 11) is -3.58. The quantitative estimate of drug-likeness (QED) is 0.663. The fraction of sp³-hybridized carbons (Fsp3) is 1.00. The highest BCUT2D eigenvalue weighted by atomic mass is 35.5. The number of aliphatic hydroxyl groups is 1. The van der Waals surface area contributed by atoms with Crippen molar-refractivity contribution in [2.75, 3.05) is 13.2 Å². The zero-order valence-electron chi connectivity index (χ0n) is 4.79. The summed E-state index contributed by atoms with van der Waals surface area (Å²) in [5.41, 5.74) is 0. The van der Waals surface area contributed by atoms with Crippen LogP contribution in [0.1, 0.15) is 0 Å². The van der Waals surface area contributed by atoms with Crippen molar-refractivity contribution in [2.24, 2.45) is 0 Å². The summed E-state index contributed by atoms with van der Waals surface area (Å²) < 4.78 is 18.5. The molecule has 0 aliphatic heterocycles. The van der Waals surface area contributed by atoms with E-state index in [1.165, 1.54) is 0 Å². The van der Waals surface area contributed by atoms with Crippen LogP contribution >= 0.6 is 31.5 Å². The molecule has 0 aromatic carbocycles. The highest BCUT2D eigenvalue weighted by molar-refractivity contribution is 7.53. The van der Waals surface area contributed by atoms with Crippen molar-refractivity contribution in [1.82, 2.24) is 5.09 Å². The minimum Gasteiger partial charge on any atom is -0.395 e. The topological polar surface area (TPSA) is 67.8 Å². The van der Waals surface area contributed by atoms with Crippen LogP contribution in [0.25, 0.3) is 0 Å². The Morgan fingerprint density at radius 1 is 1.50 bits per heavy atom.